The van der Waals surface area contributed by atoms with Gasteiger partial charge in [0.2, 0.25) is 0 Å². The Morgan fingerprint density at radius 1 is 1.12 bits per heavy atom. The summed E-state index contributed by atoms with van der Waals surface area (Å²) in [6.45, 7) is 1.88. The largest absolute Gasteiger partial charge is 0.516 e. The van der Waals surface area contributed by atoms with E-state index in [1.54, 1.807) is 0 Å². The molecule has 0 amide bonds. The first kappa shape index (κ1) is 18.0. The van der Waals surface area contributed by atoms with Gasteiger partial charge in [-0.15, -0.1) is 0 Å². The van der Waals surface area contributed by atoms with Crippen LogP contribution in [0.1, 0.15) is 22.1 Å². The molecule has 5 nitrogen and oxygen atoms in total. The van der Waals surface area contributed by atoms with Crippen molar-refractivity contribution in [2.24, 2.45) is 0 Å². The van der Waals surface area contributed by atoms with E-state index in [4.69, 9.17) is 1.37 Å². The molecule has 0 aliphatic heterocycles. The van der Waals surface area contributed by atoms with E-state index in [0.29, 0.717) is 0 Å². The molecule has 0 aromatic heterocycles. The molecular weight excluding hydrogens is 341 g/mol. The molecule has 0 aliphatic carbocycles. The number of hydrogen-bond acceptors (Lipinski definition) is 5. The lowest BCUT2D eigenvalue weighted by atomic mass is 10.2. The summed E-state index contributed by atoms with van der Waals surface area (Å²) in [5.74, 6) is -8.14. The molecule has 1 aromatic carbocycles. The first-order chi connectivity index (χ1) is 11.3. The lowest BCUT2D eigenvalue weighted by Crippen LogP contribution is -2.59. The summed E-state index contributed by atoms with van der Waals surface area (Å²) < 4.78 is 82.5. The molecule has 0 unspecified atom stereocenters. The van der Waals surface area contributed by atoms with Crippen LogP contribution in [0, 0.1) is 0 Å². The van der Waals surface area contributed by atoms with Crippen molar-refractivity contribution in [3.63, 3.8) is 0 Å². The lowest BCUT2D eigenvalue weighted by Gasteiger charge is -2.31. The van der Waals surface area contributed by atoms with Crippen molar-refractivity contribution >= 4 is 17.8 Å². The smallest absolute Gasteiger partial charge is 0.428 e. The molecule has 0 saturated heterocycles. The zero-order valence-electron chi connectivity index (χ0n) is 13.6. The van der Waals surface area contributed by atoms with Crippen molar-refractivity contribution in [3.8, 4) is 0 Å². The summed E-state index contributed by atoms with van der Waals surface area (Å²) in [6, 6.07) is 5.08. The molecule has 24 heavy (non-hydrogen) atoms. The maximum Gasteiger partial charge on any atom is 0.516 e. The summed E-state index contributed by atoms with van der Waals surface area (Å²) in [7, 11) is 0. The molecule has 0 heterocycles. The van der Waals surface area contributed by atoms with Gasteiger partial charge in [-0.05, 0) is 32.9 Å². The quantitative estimate of drug-likeness (QED) is 0.269. The highest BCUT2D eigenvalue weighted by Gasteiger charge is 2.69. The Kier molecular flexibility index (Phi) is 4.95. The van der Waals surface area contributed by atoms with Gasteiger partial charge in [-0.3, -0.25) is 0 Å². The van der Waals surface area contributed by atoms with Gasteiger partial charge in [-0.2, -0.15) is 22.7 Å². The van der Waals surface area contributed by atoms with Crippen LogP contribution >= 0.6 is 0 Å². The Bertz CT molecular complexity index is 625. The van der Waals surface area contributed by atoms with Crippen LogP contribution in [-0.2, 0) is 14.3 Å². The minimum Gasteiger partial charge on any atom is -0.428 e. The standard InChI is InChI=1S/C14H14F5NO4/c1-12(2,3)24-11(22)23-10(21)13(15,14(16,17)18)20(19)9-7-5-4-6-8-9/h4-8H,1-3H3/t13-/m1/s1/i1D. The number of alkyl halides is 4. The van der Waals surface area contributed by atoms with E-state index >= 15 is 0 Å². The Labute approximate surface area is 135 Å². The number of rotatable bonds is 3. The van der Waals surface area contributed by atoms with Gasteiger partial charge in [0.15, 0.2) is 0 Å². The number of anilines is 1. The Morgan fingerprint density at radius 2 is 1.67 bits per heavy atom. The van der Waals surface area contributed by atoms with Crippen LogP contribution in [0.3, 0.4) is 0 Å². The predicted octanol–water partition coefficient (Wildman–Crippen LogP) is 4.08. The number of carbonyl (C=O) groups is 2. The van der Waals surface area contributed by atoms with E-state index in [1.165, 1.54) is 19.9 Å². The Balaban J connectivity index is 3.10. The Morgan fingerprint density at radius 3 is 2.12 bits per heavy atom. The number of para-hydroxylation sites is 1. The second kappa shape index (κ2) is 6.62. The van der Waals surface area contributed by atoms with E-state index in [1.807, 2.05) is 0 Å². The van der Waals surface area contributed by atoms with Crippen LogP contribution < -0.4 is 5.12 Å². The normalized spacial score (nSPS) is 15.0. The molecular formula is C14H14F5NO4. The van der Waals surface area contributed by atoms with Crippen molar-refractivity contribution in [2.75, 3.05) is 5.12 Å². The van der Waals surface area contributed by atoms with Crippen molar-refractivity contribution in [1.82, 2.24) is 0 Å². The third kappa shape index (κ3) is 4.33. The maximum atomic E-state index is 14.4. The molecule has 0 radical (unpaired) electrons. The van der Waals surface area contributed by atoms with E-state index < -0.39 is 47.4 Å². The van der Waals surface area contributed by atoms with Crippen molar-refractivity contribution in [1.29, 1.82) is 0 Å². The molecule has 134 valence electrons. The SMILES string of the molecule is [2H]CC(C)(C)OC(=O)OC(=O)[C@@](F)(N(F)c1ccccc1)C(F)(F)F. The summed E-state index contributed by atoms with van der Waals surface area (Å²) >= 11 is 0. The van der Waals surface area contributed by atoms with Crippen molar-refractivity contribution in [3.05, 3.63) is 30.3 Å². The fraction of sp³-hybridized carbons (Fsp3) is 0.429. The summed E-state index contributed by atoms with van der Waals surface area (Å²) in [5.41, 5.74) is -2.44. The number of hydrogen-bond donors (Lipinski definition) is 0. The second-order valence-electron chi connectivity index (χ2n) is 5.24. The Hall–Kier alpha value is -2.39. The molecule has 0 N–H and O–H groups in total. The fourth-order valence-electron chi connectivity index (χ4n) is 1.43. The third-order valence-corrected chi connectivity index (χ3v) is 2.44. The highest BCUT2D eigenvalue weighted by molar-refractivity contribution is 5.90. The summed E-state index contributed by atoms with van der Waals surface area (Å²) in [6.07, 6.45) is -8.06. The van der Waals surface area contributed by atoms with Gasteiger partial charge in [0.05, 0.1) is 5.69 Å². The highest BCUT2D eigenvalue weighted by Crippen LogP contribution is 2.41. The van der Waals surface area contributed by atoms with E-state index in [-0.39, 0.29) is 0 Å². The summed E-state index contributed by atoms with van der Waals surface area (Å²) in [4.78, 5) is 22.9. The van der Waals surface area contributed by atoms with Gasteiger partial charge >= 0.3 is 24.1 Å². The van der Waals surface area contributed by atoms with Gasteiger partial charge in [0, 0.05) is 1.37 Å². The summed E-state index contributed by atoms with van der Waals surface area (Å²) in [5, 5.41) is -1.49. The number of nitrogens with zero attached hydrogens (tertiary/aromatic N) is 1. The van der Waals surface area contributed by atoms with Crippen molar-refractivity contribution < 1.29 is 42.5 Å². The maximum absolute atomic E-state index is 14.4. The highest BCUT2D eigenvalue weighted by atomic mass is 19.4. The first-order valence-electron chi connectivity index (χ1n) is 7.07. The van der Waals surface area contributed by atoms with Crippen LogP contribution in [0.4, 0.5) is 32.5 Å². The average molecular weight is 356 g/mol. The molecule has 1 aromatic rings. The first-order valence-corrected chi connectivity index (χ1v) is 6.36. The topological polar surface area (TPSA) is 55.8 Å². The van der Waals surface area contributed by atoms with Gasteiger partial charge in [-0.1, -0.05) is 22.7 Å². The van der Waals surface area contributed by atoms with Crippen LogP contribution in [0.2, 0.25) is 0 Å². The van der Waals surface area contributed by atoms with E-state index in [9.17, 15) is 31.6 Å². The van der Waals surface area contributed by atoms with Crippen LogP contribution in [0.15, 0.2) is 30.3 Å². The number of ether oxygens (including phenoxy) is 2. The molecule has 0 spiro atoms. The number of carbonyl (C=O) groups excluding carboxylic acids is 2. The van der Waals surface area contributed by atoms with Gasteiger partial charge in [-0.25, -0.2) is 9.59 Å². The minimum absolute atomic E-state index is 0.518. The van der Waals surface area contributed by atoms with E-state index in [2.05, 4.69) is 9.47 Å². The van der Waals surface area contributed by atoms with Crippen LogP contribution in [-0.4, -0.2) is 29.7 Å². The van der Waals surface area contributed by atoms with Gasteiger partial charge in [0.25, 0.3) is 0 Å². The third-order valence-electron chi connectivity index (χ3n) is 2.44. The molecule has 0 fully saturated rings. The minimum atomic E-state index is -6.07. The van der Waals surface area contributed by atoms with Gasteiger partial charge < -0.3 is 9.47 Å². The number of esters is 1. The number of benzene rings is 1. The number of halogens is 5. The van der Waals surface area contributed by atoms with E-state index in [0.717, 1.165) is 24.3 Å². The second-order valence-corrected chi connectivity index (χ2v) is 5.24. The molecule has 0 bridgehead atoms. The monoisotopic (exact) mass is 356 g/mol. The molecule has 1 rings (SSSR count). The van der Waals surface area contributed by atoms with Crippen LogP contribution in [0.25, 0.3) is 0 Å². The molecule has 1 atom stereocenters. The molecule has 10 heteroatoms. The van der Waals surface area contributed by atoms with Gasteiger partial charge in [0.1, 0.15) is 5.60 Å². The van der Waals surface area contributed by atoms with Crippen molar-refractivity contribution in [2.45, 2.75) is 38.3 Å². The lowest BCUT2D eigenvalue weighted by molar-refractivity contribution is -0.244. The predicted molar refractivity (Wildman–Crippen MR) is 72.2 cm³/mol. The fourth-order valence-corrected chi connectivity index (χ4v) is 1.43. The zero-order valence-corrected chi connectivity index (χ0v) is 12.6. The molecule has 0 saturated carbocycles. The zero-order chi connectivity index (χ0) is 19.5. The molecule has 0 aliphatic rings. The van der Waals surface area contributed by atoms with Crippen LogP contribution in [0.5, 0.6) is 0 Å². The average Bonchev–Trinajstić information content (AvgIpc) is 2.52.